The van der Waals surface area contributed by atoms with Gasteiger partial charge in [-0.15, -0.1) is 0 Å². The third-order valence-electron chi connectivity index (χ3n) is 4.45. The van der Waals surface area contributed by atoms with E-state index in [0.717, 1.165) is 11.9 Å². The fourth-order valence-electron chi connectivity index (χ4n) is 3.05. The first-order valence-corrected chi connectivity index (χ1v) is 8.00. The van der Waals surface area contributed by atoms with Gasteiger partial charge in [0.15, 0.2) is 11.5 Å². The molecule has 0 unspecified atom stereocenters. The Kier molecular flexibility index (Phi) is 4.32. The Morgan fingerprint density at radius 1 is 1.26 bits per heavy atom. The first kappa shape index (κ1) is 15.5. The number of carbonyl (C=O) groups excluding carboxylic acids is 1. The quantitative estimate of drug-likeness (QED) is 0.903. The molecular formula is C17H20N2O4. The van der Waals surface area contributed by atoms with Crippen LogP contribution in [0.5, 0.6) is 0 Å². The molecule has 0 atom stereocenters. The van der Waals surface area contributed by atoms with Crippen molar-refractivity contribution in [3.63, 3.8) is 0 Å². The van der Waals surface area contributed by atoms with Gasteiger partial charge in [-0.05, 0) is 43.9 Å². The molecule has 0 spiro atoms. The summed E-state index contributed by atoms with van der Waals surface area (Å²) in [5.41, 5.74) is 2.13. The molecule has 1 aromatic carbocycles. The Balaban J connectivity index is 1.65. The number of hydrogen-bond acceptors (Lipinski definition) is 4. The summed E-state index contributed by atoms with van der Waals surface area (Å²) in [4.78, 5) is 27.7. The van der Waals surface area contributed by atoms with Crippen LogP contribution in [0.25, 0.3) is 11.1 Å². The minimum atomic E-state index is -0.757. The van der Waals surface area contributed by atoms with E-state index >= 15 is 0 Å². The van der Waals surface area contributed by atoms with E-state index in [-0.39, 0.29) is 17.7 Å². The number of anilines is 1. The monoisotopic (exact) mass is 316 g/mol. The summed E-state index contributed by atoms with van der Waals surface area (Å²) in [5.74, 6) is -0.558. The number of benzene rings is 1. The minimum absolute atomic E-state index is 0.0487. The van der Waals surface area contributed by atoms with E-state index in [2.05, 4.69) is 10.3 Å². The molecule has 6 heteroatoms. The van der Waals surface area contributed by atoms with Crippen LogP contribution >= 0.6 is 0 Å². The lowest BCUT2D eigenvalue weighted by Crippen LogP contribution is -2.29. The predicted octanol–water partition coefficient (Wildman–Crippen LogP) is 3.22. The highest BCUT2D eigenvalue weighted by Gasteiger charge is 2.29. The van der Waals surface area contributed by atoms with Crippen LogP contribution in [0.15, 0.2) is 22.6 Å². The molecule has 1 fully saturated rings. The second-order valence-electron chi connectivity index (χ2n) is 6.02. The first-order chi connectivity index (χ1) is 11.1. The number of aryl methyl sites for hydroxylation is 1. The minimum Gasteiger partial charge on any atom is -0.481 e. The van der Waals surface area contributed by atoms with Crippen LogP contribution in [0.2, 0.25) is 0 Å². The largest absolute Gasteiger partial charge is 0.481 e. The number of carbonyl (C=O) groups is 2. The standard InChI is InChI=1S/C17H20N2O4/c1-2-15-19-13-9-12(7-8-14(13)23-15)18-16(20)10-3-5-11(6-4-10)17(21)22/h7-11H,2-6H2,1H3,(H,18,20)(H,21,22). The van der Waals surface area contributed by atoms with Crippen LogP contribution in [0, 0.1) is 11.8 Å². The van der Waals surface area contributed by atoms with E-state index < -0.39 is 5.97 Å². The van der Waals surface area contributed by atoms with E-state index in [1.54, 1.807) is 18.2 Å². The zero-order valence-corrected chi connectivity index (χ0v) is 13.0. The van der Waals surface area contributed by atoms with Crippen molar-refractivity contribution >= 4 is 28.7 Å². The number of oxazole rings is 1. The Labute approximate surface area is 133 Å². The van der Waals surface area contributed by atoms with Gasteiger partial charge >= 0.3 is 5.97 Å². The summed E-state index contributed by atoms with van der Waals surface area (Å²) in [7, 11) is 0. The number of nitrogens with zero attached hydrogens (tertiary/aromatic N) is 1. The molecule has 3 rings (SSSR count). The number of aromatic nitrogens is 1. The Morgan fingerprint density at radius 2 is 1.96 bits per heavy atom. The van der Waals surface area contributed by atoms with Crippen LogP contribution < -0.4 is 5.32 Å². The zero-order valence-electron chi connectivity index (χ0n) is 13.0. The lowest BCUT2D eigenvalue weighted by Gasteiger charge is -2.25. The van der Waals surface area contributed by atoms with Gasteiger partial charge in [0, 0.05) is 18.0 Å². The van der Waals surface area contributed by atoms with Crippen LogP contribution in [0.3, 0.4) is 0 Å². The van der Waals surface area contributed by atoms with E-state index in [0.29, 0.717) is 42.8 Å². The molecule has 2 aromatic rings. The summed E-state index contributed by atoms with van der Waals surface area (Å²) >= 11 is 0. The number of fused-ring (bicyclic) bond motifs is 1. The second-order valence-corrected chi connectivity index (χ2v) is 6.02. The molecule has 0 saturated heterocycles. The highest BCUT2D eigenvalue weighted by atomic mass is 16.4. The van der Waals surface area contributed by atoms with Gasteiger partial charge in [-0.1, -0.05) is 6.92 Å². The Hall–Kier alpha value is -2.37. The zero-order chi connectivity index (χ0) is 16.4. The molecule has 1 saturated carbocycles. The number of nitrogens with one attached hydrogen (secondary N) is 1. The molecular weight excluding hydrogens is 296 g/mol. The van der Waals surface area contributed by atoms with Crippen molar-refractivity contribution in [2.75, 3.05) is 5.32 Å². The van der Waals surface area contributed by atoms with Gasteiger partial charge in [0.1, 0.15) is 5.52 Å². The summed E-state index contributed by atoms with van der Waals surface area (Å²) in [5, 5.41) is 11.9. The summed E-state index contributed by atoms with van der Waals surface area (Å²) in [6, 6.07) is 5.41. The van der Waals surface area contributed by atoms with Gasteiger partial charge in [-0.2, -0.15) is 0 Å². The average molecular weight is 316 g/mol. The maximum atomic E-state index is 12.3. The summed E-state index contributed by atoms with van der Waals surface area (Å²) in [6.07, 6.45) is 3.10. The summed E-state index contributed by atoms with van der Waals surface area (Å²) < 4.78 is 5.55. The van der Waals surface area contributed by atoms with Crippen molar-refractivity contribution in [2.45, 2.75) is 39.0 Å². The SMILES string of the molecule is CCc1nc2cc(NC(=O)C3CCC(C(=O)O)CC3)ccc2o1. The second kappa shape index (κ2) is 6.40. The number of hydrogen-bond donors (Lipinski definition) is 2. The van der Waals surface area contributed by atoms with Gasteiger partial charge in [0.2, 0.25) is 5.91 Å². The number of carboxylic acid groups (broad SMARTS) is 1. The third kappa shape index (κ3) is 3.36. The lowest BCUT2D eigenvalue weighted by molar-refractivity contribution is -0.143. The number of rotatable bonds is 4. The molecule has 2 N–H and O–H groups in total. The van der Waals surface area contributed by atoms with E-state index in [1.165, 1.54) is 0 Å². The van der Waals surface area contributed by atoms with Crippen molar-refractivity contribution in [3.05, 3.63) is 24.1 Å². The van der Waals surface area contributed by atoms with Crippen LogP contribution in [-0.2, 0) is 16.0 Å². The molecule has 0 aliphatic heterocycles. The fraction of sp³-hybridized carbons (Fsp3) is 0.471. The molecule has 1 aromatic heterocycles. The molecule has 1 heterocycles. The van der Waals surface area contributed by atoms with Crippen LogP contribution in [0.1, 0.15) is 38.5 Å². The van der Waals surface area contributed by atoms with Crippen LogP contribution in [0.4, 0.5) is 5.69 Å². The molecule has 6 nitrogen and oxygen atoms in total. The number of amides is 1. The maximum Gasteiger partial charge on any atom is 0.306 e. The smallest absolute Gasteiger partial charge is 0.306 e. The molecule has 1 amide bonds. The van der Waals surface area contributed by atoms with E-state index in [9.17, 15) is 9.59 Å². The molecule has 0 bridgehead atoms. The van der Waals surface area contributed by atoms with Crippen molar-refractivity contribution in [2.24, 2.45) is 11.8 Å². The van der Waals surface area contributed by atoms with Gasteiger partial charge in [-0.25, -0.2) is 4.98 Å². The molecule has 122 valence electrons. The average Bonchev–Trinajstić information content (AvgIpc) is 2.97. The third-order valence-corrected chi connectivity index (χ3v) is 4.45. The molecule has 23 heavy (non-hydrogen) atoms. The molecule has 0 radical (unpaired) electrons. The van der Waals surface area contributed by atoms with Gasteiger partial charge < -0.3 is 14.8 Å². The number of aliphatic carboxylic acids is 1. The van der Waals surface area contributed by atoms with Gasteiger partial charge in [0.25, 0.3) is 0 Å². The van der Waals surface area contributed by atoms with E-state index in [1.807, 2.05) is 6.92 Å². The normalized spacial score (nSPS) is 21.3. The Bertz CT molecular complexity index is 729. The first-order valence-electron chi connectivity index (χ1n) is 8.00. The van der Waals surface area contributed by atoms with Crippen LogP contribution in [-0.4, -0.2) is 22.0 Å². The maximum absolute atomic E-state index is 12.3. The topological polar surface area (TPSA) is 92.4 Å². The number of carboxylic acids is 1. The van der Waals surface area contributed by atoms with Crippen molar-refractivity contribution in [1.29, 1.82) is 0 Å². The van der Waals surface area contributed by atoms with Crippen molar-refractivity contribution < 1.29 is 19.1 Å². The summed E-state index contributed by atoms with van der Waals surface area (Å²) in [6.45, 7) is 1.97. The molecule has 1 aliphatic carbocycles. The van der Waals surface area contributed by atoms with Gasteiger partial charge in [-0.3, -0.25) is 9.59 Å². The van der Waals surface area contributed by atoms with E-state index in [4.69, 9.17) is 9.52 Å². The fourth-order valence-corrected chi connectivity index (χ4v) is 3.05. The highest BCUT2D eigenvalue weighted by Crippen LogP contribution is 2.30. The highest BCUT2D eigenvalue weighted by molar-refractivity contribution is 5.94. The van der Waals surface area contributed by atoms with Gasteiger partial charge in [0.05, 0.1) is 5.92 Å². The van der Waals surface area contributed by atoms with Crippen molar-refractivity contribution in [1.82, 2.24) is 4.98 Å². The lowest BCUT2D eigenvalue weighted by atomic mass is 9.81. The van der Waals surface area contributed by atoms with Crippen molar-refractivity contribution in [3.8, 4) is 0 Å². The predicted molar refractivity (Wildman–Crippen MR) is 85.1 cm³/mol. The Morgan fingerprint density at radius 3 is 2.61 bits per heavy atom. The molecule has 1 aliphatic rings.